The summed E-state index contributed by atoms with van der Waals surface area (Å²) in [6, 6.07) is 9.44. The van der Waals surface area contributed by atoms with Crippen molar-refractivity contribution in [3.05, 3.63) is 47.7 Å². The first-order valence-electron chi connectivity index (χ1n) is 5.70. The lowest BCUT2D eigenvalue weighted by Gasteiger charge is -2.08. The van der Waals surface area contributed by atoms with Gasteiger partial charge in [0.25, 0.3) is 0 Å². The second kappa shape index (κ2) is 4.87. The van der Waals surface area contributed by atoms with Gasteiger partial charge < -0.3 is 10.8 Å². The predicted molar refractivity (Wildman–Crippen MR) is 70.4 cm³/mol. The number of rotatable bonds is 3. The van der Waals surface area contributed by atoms with E-state index in [0.29, 0.717) is 5.56 Å². The van der Waals surface area contributed by atoms with Crippen LogP contribution < -0.4 is 5.73 Å². The molecule has 4 heteroatoms. The van der Waals surface area contributed by atoms with Crippen molar-refractivity contribution in [3.8, 4) is 11.1 Å². The molecule has 0 amide bonds. The summed E-state index contributed by atoms with van der Waals surface area (Å²) < 4.78 is 0. The molecule has 2 rings (SSSR count). The Kier molecular flexibility index (Phi) is 3.28. The number of hydrogen-bond acceptors (Lipinski definition) is 3. The summed E-state index contributed by atoms with van der Waals surface area (Å²) in [7, 11) is 0. The molecule has 1 aromatic heterocycles. The quantitative estimate of drug-likeness (QED) is 0.867. The van der Waals surface area contributed by atoms with Crippen LogP contribution in [0.15, 0.2) is 36.5 Å². The molecule has 1 aromatic carbocycles. The summed E-state index contributed by atoms with van der Waals surface area (Å²) >= 11 is 0. The van der Waals surface area contributed by atoms with Crippen molar-refractivity contribution in [1.29, 1.82) is 0 Å². The molecule has 18 heavy (non-hydrogen) atoms. The SMILES string of the molecule is CCc1ccc(-c2ccnc(N)c2C(=O)O)cc1. The molecule has 0 saturated carbocycles. The maximum atomic E-state index is 11.2. The number of pyridine rings is 1. The molecule has 0 radical (unpaired) electrons. The summed E-state index contributed by atoms with van der Waals surface area (Å²) in [5.41, 5.74) is 8.31. The summed E-state index contributed by atoms with van der Waals surface area (Å²) in [5.74, 6) is -1.02. The van der Waals surface area contributed by atoms with E-state index in [1.165, 1.54) is 11.8 Å². The molecule has 0 saturated heterocycles. The predicted octanol–water partition coefficient (Wildman–Crippen LogP) is 2.59. The summed E-state index contributed by atoms with van der Waals surface area (Å²) in [6.07, 6.45) is 2.47. The molecule has 0 bridgehead atoms. The van der Waals surface area contributed by atoms with Gasteiger partial charge in [0, 0.05) is 11.8 Å². The first kappa shape index (κ1) is 12.1. The number of anilines is 1. The highest BCUT2D eigenvalue weighted by Gasteiger charge is 2.15. The normalized spacial score (nSPS) is 10.3. The van der Waals surface area contributed by atoms with Crippen LogP contribution in [0.1, 0.15) is 22.8 Å². The van der Waals surface area contributed by atoms with Gasteiger partial charge in [-0.15, -0.1) is 0 Å². The lowest BCUT2D eigenvalue weighted by Crippen LogP contribution is -2.06. The topological polar surface area (TPSA) is 76.2 Å². The van der Waals surface area contributed by atoms with Gasteiger partial charge in [-0.2, -0.15) is 0 Å². The van der Waals surface area contributed by atoms with Crippen molar-refractivity contribution in [3.63, 3.8) is 0 Å². The van der Waals surface area contributed by atoms with Crippen molar-refractivity contribution in [2.45, 2.75) is 13.3 Å². The van der Waals surface area contributed by atoms with Crippen LogP contribution in [0.2, 0.25) is 0 Å². The first-order valence-corrected chi connectivity index (χ1v) is 5.70. The van der Waals surface area contributed by atoms with E-state index in [1.54, 1.807) is 6.07 Å². The Hall–Kier alpha value is -2.36. The number of nitrogens with two attached hydrogens (primary N) is 1. The molecule has 0 fully saturated rings. The minimum Gasteiger partial charge on any atom is -0.478 e. The first-order chi connectivity index (χ1) is 8.63. The lowest BCUT2D eigenvalue weighted by atomic mass is 9.99. The van der Waals surface area contributed by atoms with E-state index >= 15 is 0 Å². The van der Waals surface area contributed by atoms with E-state index in [2.05, 4.69) is 11.9 Å². The van der Waals surface area contributed by atoms with Crippen LogP contribution >= 0.6 is 0 Å². The maximum Gasteiger partial charge on any atom is 0.340 e. The molecular formula is C14H14N2O2. The number of benzene rings is 1. The molecule has 0 spiro atoms. The Balaban J connectivity index is 2.56. The molecule has 0 unspecified atom stereocenters. The fourth-order valence-electron chi connectivity index (χ4n) is 1.86. The van der Waals surface area contributed by atoms with Gasteiger partial charge >= 0.3 is 5.97 Å². The van der Waals surface area contributed by atoms with E-state index in [9.17, 15) is 9.90 Å². The van der Waals surface area contributed by atoms with Gasteiger partial charge in [-0.3, -0.25) is 0 Å². The van der Waals surface area contributed by atoms with Gasteiger partial charge in [-0.05, 0) is 23.6 Å². The number of aromatic nitrogens is 1. The third kappa shape index (κ3) is 2.18. The average Bonchev–Trinajstić information content (AvgIpc) is 2.38. The third-order valence-corrected chi connectivity index (χ3v) is 2.87. The van der Waals surface area contributed by atoms with E-state index in [1.807, 2.05) is 24.3 Å². The molecule has 2 aromatic rings. The molecule has 0 aliphatic carbocycles. The van der Waals surface area contributed by atoms with Gasteiger partial charge in [0.1, 0.15) is 11.4 Å². The van der Waals surface area contributed by atoms with Crippen molar-refractivity contribution in [1.82, 2.24) is 4.98 Å². The summed E-state index contributed by atoms with van der Waals surface area (Å²) in [5, 5.41) is 9.19. The Morgan fingerprint density at radius 3 is 2.50 bits per heavy atom. The lowest BCUT2D eigenvalue weighted by molar-refractivity contribution is 0.0698. The monoisotopic (exact) mass is 242 g/mol. The largest absolute Gasteiger partial charge is 0.478 e. The fraction of sp³-hybridized carbons (Fsp3) is 0.143. The smallest absolute Gasteiger partial charge is 0.340 e. The van der Waals surface area contributed by atoms with Gasteiger partial charge in [0.15, 0.2) is 0 Å². The van der Waals surface area contributed by atoms with Crippen LogP contribution in [0.25, 0.3) is 11.1 Å². The second-order valence-corrected chi connectivity index (χ2v) is 3.97. The number of nitrogen functional groups attached to an aromatic ring is 1. The van der Waals surface area contributed by atoms with Gasteiger partial charge in [0.05, 0.1) is 0 Å². The number of carbonyl (C=O) groups is 1. The van der Waals surface area contributed by atoms with Crippen molar-refractivity contribution < 1.29 is 9.90 Å². The van der Waals surface area contributed by atoms with Gasteiger partial charge in [-0.1, -0.05) is 31.2 Å². The van der Waals surface area contributed by atoms with Crippen molar-refractivity contribution in [2.75, 3.05) is 5.73 Å². The minimum atomic E-state index is -1.06. The zero-order valence-electron chi connectivity index (χ0n) is 10.1. The van der Waals surface area contributed by atoms with Crippen LogP contribution in [0.3, 0.4) is 0 Å². The highest BCUT2D eigenvalue weighted by Crippen LogP contribution is 2.26. The Morgan fingerprint density at radius 1 is 1.28 bits per heavy atom. The van der Waals surface area contributed by atoms with Gasteiger partial charge in [-0.25, -0.2) is 9.78 Å². The number of hydrogen-bond donors (Lipinski definition) is 2. The molecule has 92 valence electrons. The van der Waals surface area contributed by atoms with Crippen LogP contribution in [0.5, 0.6) is 0 Å². The highest BCUT2D eigenvalue weighted by molar-refractivity contribution is 6.00. The molecule has 1 heterocycles. The highest BCUT2D eigenvalue weighted by atomic mass is 16.4. The zero-order chi connectivity index (χ0) is 13.1. The van der Waals surface area contributed by atoms with E-state index in [4.69, 9.17) is 5.73 Å². The Bertz CT molecular complexity index is 577. The van der Waals surface area contributed by atoms with Crippen molar-refractivity contribution >= 4 is 11.8 Å². The number of nitrogens with zero attached hydrogens (tertiary/aromatic N) is 1. The van der Waals surface area contributed by atoms with Crippen LogP contribution in [0, 0.1) is 0 Å². The third-order valence-electron chi connectivity index (χ3n) is 2.87. The number of carboxylic acids is 1. The second-order valence-electron chi connectivity index (χ2n) is 3.97. The van der Waals surface area contributed by atoms with Crippen LogP contribution in [-0.2, 0) is 6.42 Å². The number of aromatic carboxylic acids is 1. The summed E-state index contributed by atoms with van der Waals surface area (Å²) in [6.45, 7) is 2.07. The van der Waals surface area contributed by atoms with Crippen molar-refractivity contribution in [2.24, 2.45) is 0 Å². The molecule has 0 aliphatic rings. The molecular weight excluding hydrogens is 228 g/mol. The minimum absolute atomic E-state index is 0.0413. The van der Waals surface area contributed by atoms with Crippen LogP contribution in [0.4, 0.5) is 5.82 Å². The Labute approximate surface area is 105 Å². The number of carboxylic acid groups (broad SMARTS) is 1. The average molecular weight is 242 g/mol. The molecule has 0 atom stereocenters. The molecule has 4 nitrogen and oxygen atoms in total. The van der Waals surface area contributed by atoms with Gasteiger partial charge in [0.2, 0.25) is 0 Å². The van der Waals surface area contributed by atoms with E-state index in [0.717, 1.165) is 12.0 Å². The zero-order valence-corrected chi connectivity index (χ0v) is 10.1. The Morgan fingerprint density at radius 2 is 1.94 bits per heavy atom. The fourth-order valence-corrected chi connectivity index (χ4v) is 1.86. The standard InChI is InChI=1S/C14H14N2O2/c1-2-9-3-5-10(6-4-9)11-7-8-16-13(15)12(11)14(17)18/h3-8H,2H2,1H3,(H2,15,16)(H,17,18). The number of aryl methyl sites for hydroxylation is 1. The van der Waals surface area contributed by atoms with Crippen LogP contribution in [-0.4, -0.2) is 16.1 Å². The molecule has 3 N–H and O–H groups in total. The maximum absolute atomic E-state index is 11.2. The summed E-state index contributed by atoms with van der Waals surface area (Å²) in [4.78, 5) is 15.0. The van der Waals surface area contributed by atoms with E-state index in [-0.39, 0.29) is 11.4 Å². The molecule has 0 aliphatic heterocycles. The van der Waals surface area contributed by atoms with E-state index < -0.39 is 5.97 Å².